The highest BCUT2D eigenvalue weighted by Gasteiger charge is 2.14. The molecule has 0 saturated carbocycles. The highest BCUT2D eigenvalue weighted by molar-refractivity contribution is 7.25. The van der Waals surface area contributed by atoms with Crippen molar-refractivity contribution >= 4 is 69.9 Å². The second-order valence-electron chi connectivity index (χ2n) is 9.74. The third-order valence-electron chi connectivity index (χ3n) is 7.44. The summed E-state index contributed by atoms with van der Waals surface area (Å²) in [6, 6.07) is 39.9. The van der Waals surface area contributed by atoms with Crippen LogP contribution >= 0.6 is 11.3 Å². The molecule has 8 rings (SSSR count). The van der Waals surface area contributed by atoms with Gasteiger partial charge < -0.3 is 0 Å². The Labute approximate surface area is 228 Å². The van der Waals surface area contributed by atoms with Crippen LogP contribution in [0.1, 0.15) is 0 Å². The molecule has 3 heterocycles. The van der Waals surface area contributed by atoms with Crippen molar-refractivity contribution < 1.29 is 0 Å². The molecule has 180 valence electrons. The number of aromatic nitrogens is 2. The SMILES string of the molecule is [C-]#[N+]c1ccc2sc3ccc(-c4ccc(-c5nc6ccccc6c6nc7ccccc7cc56)cc4)cc3c2c1. The molecule has 39 heavy (non-hydrogen) atoms. The van der Waals surface area contributed by atoms with Crippen LogP contribution < -0.4 is 0 Å². The van der Waals surface area contributed by atoms with E-state index in [-0.39, 0.29) is 0 Å². The zero-order valence-corrected chi connectivity index (χ0v) is 21.5. The van der Waals surface area contributed by atoms with Crippen molar-refractivity contribution in [3.8, 4) is 22.4 Å². The van der Waals surface area contributed by atoms with Gasteiger partial charge in [0.1, 0.15) is 0 Å². The van der Waals surface area contributed by atoms with Gasteiger partial charge >= 0.3 is 0 Å². The minimum atomic E-state index is 0.675. The fourth-order valence-corrected chi connectivity index (χ4v) is 6.58. The molecule has 0 bridgehead atoms. The number of hydrogen-bond acceptors (Lipinski definition) is 3. The molecule has 3 aromatic heterocycles. The molecule has 0 aliphatic heterocycles. The Morgan fingerprint density at radius 3 is 2.08 bits per heavy atom. The van der Waals surface area contributed by atoms with Gasteiger partial charge in [0.2, 0.25) is 0 Å². The van der Waals surface area contributed by atoms with Crippen molar-refractivity contribution in [1.82, 2.24) is 9.97 Å². The quantitative estimate of drug-likeness (QED) is 0.131. The number of fused-ring (bicyclic) bond motifs is 7. The molecule has 0 amide bonds. The average Bonchev–Trinajstić information content (AvgIpc) is 3.37. The van der Waals surface area contributed by atoms with Crippen LogP contribution in [-0.4, -0.2) is 9.97 Å². The minimum Gasteiger partial charge on any atom is -0.247 e. The maximum absolute atomic E-state index is 7.40. The molecular formula is C35H19N3S. The summed E-state index contributed by atoms with van der Waals surface area (Å²) in [5.41, 5.74) is 7.90. The summed E-state index contributed by atoms with van der Waals surface area (Å²) >= 11 is 1.77. The van der Waals surface area contributed by atoms with Crippen LogP contribution in [0, 0.1) is 6.57 Å². The lowest BCUT2D eigenvalue weighted by Gasteiger charge is -2.11. The molecule has 0 spiro atoms. The molecule has 0 unspecified atom stereocenters. The second kappa shape index (κ2) is 8.46. The van der Waals surface area contributed by atoms with Crippen LogP contribution in [0.2, 0.25) is 0 Å². The van der Waals surface area contributed by atoms with Gasteiger partial charge in [0.15, 0.2) is 5.69 Å². The average molecular weight is 514 g/mol. The predicted octanol–water partition coefficient (Wildman–Crippen LogP) is 10.2. The summed E-state index contributed by atoms with van der Waals surface area (Å²) in [5, 5.41) is 5.58. The van der Waals surface area contributed by atoms with Crippen molar-refractivity contribution in [3.63, 3.8) is 0 Å². The summed E-state index contributed by atoms with van der Waals surface area (Å²) in [4.78, 5) is 13.8. The number of para-hydroxylation sites is 2. The van der Waals surface area contributed by atoms with Gasteiger partial charge in [-0.15, -0.1) is 11.3 Å². The molecule has 0 aliphatic rings. The lowest BCUT2D eigenvalue weighted by atomic mass is 9.98. The molecule has 0 N–H and O–H groups in total. The maximum atomic E-state index is 7.40. The van der Waals surface area contributed by atoms with Gasteiger partial charge in [-0.2, -0.15) is 0 Å². The molecule has 8 aromatic rings. The van der Waals surface area contributed by atoms with Gasteiger partial charge in [-0.3, -0.25) is 0 Å². The summed E-state index contributed by atoms with van der Waals surface area (Å²) < 4.78 is 2.44. The van der Waals surface area contributed by atoms with Crippen molar-refractivity contribution in [2.45, 2.75) is 0 Å². The standard InChI is InChI=1S/C35H19N3S/c1-36-25-15-17-33-28(20-25)27-18-23(14-16-32(27)39-33)21-10-12-22(13-11-21)34-29-19-24-6-2-4-8-30(24)37-35(29)26-7-3-5-9-31(26)38-34/h2-20H. The van der Waals surface area contributed by atoms with E-state index in [2.05, 4.69) is 89.8 Å². The lowest BCUT2D eigenvalue weighted by Crippen LogP contribution is -1.92. The Hall–Kier alpha value is -5.11. The van der Waals surface area contributed by atoms with E-state index in [9.17, 15) is 0 Å². The Morgan fingerprint density at radius 2 is 1.23 bits per heavy atom. The van der Waals surface area contributed by atoms with Crippen LogP contribution in [0.5, 0.6) is 0 Å². The fraction of sp³-hybridized carbons (Fsp3) is 0. The van der Waals surface area contributed by atoms with E-state index < -0.39 is 0 Å². The highest BCUT2D eigenvalue weighted by Crippen LogP contribution is 2.39. The third kappa shape index (κ3) is 3.49. The minimum absolute atomic E-state index is 0.675. The molecule has 0 radical (unpaired) electrons. The van der Waals surface area contributed by atoms with Crippen LogP contribution in [0.15, 0.2) is 115 Å². The topological polar surface area (TPSA) is 30.1 Å². The van der Waals surface area contributed by atoms with Gasteiger partial charge in [-0.1, -0.05) is 78.9 Å². The van der Waals surface area contributed by atoms with Crippen molar-refractivity contribution in [2.75, 3.05) is 0 Å². The second-order valence-corrected chi connectivity index (χ2v) is 10.8. The first kappa shape index (κ1) is 21.9. The summed E-state index contributed by atoms with van der Waals surface area (Å²) in [6.45, 7) is 7.40. The Morgan fingerprint density at radius 1 is 0.538 bits per heavy atom. The van der Waals surface area contributed by atoms with Crippen LogP contribution in [0.3, 0.4) is 0 Å². The Balaban J connectivity index is 1.28. The number of benzene rings is 5. The monoisotopic (exact) mass is 513 g/mol. The highest BCUT2D eigenvalue weighted by atomic mass is 32.1. The molecule has 0 fully saturated rings. The van der Waals surface area contributed by atoms with E-state index in [0.29, 0.717) is 5.69 Å². The van der Waals surface area contributed by atoms with Crippen molar-refractivity contribution in [2.24, 2.45) is 0 Å². The zero-order valence-electron chi connectivity index (χ0n) is 20.7. The Kier molecular flexibility index (Phi) is 4.75. The fourth-order valence-electron chi connectivity index (χ4n) is 5.51. The van der Waals surface area contributed by atoms with Crippen LogP contribution in [0.25, 0.3) is 80.1 Å². The van der Waals surface area contributed by atoms with Gasteiger partial charge in [0, 0.05) is 31.1 Å². The van der Waals surface area contributed by atoms with E-state index in [0.717, 1.165) is 60.5 Å². The van der Waals surface area contributed by atoms with E-state index in [1.165, 1.54) is 14.8 Å². The number of thiophene rings is 1. The molecular weight excluding hydrogens is 494 g/mol. The predicted molar refractivity (Wildman–Crippen MR) is 165 cm³/mol. The van der Waals surface area contributed by atoms with E-state index in [1.54, 1.807) is 11.3 Å². The smallest absolute Gasteiger partial charge is 0.187 e. The lowest BCUT2D eigenvalue weighted by molar-refractivity contribution is 1.41. The van der Waals surface area contributed by atoms with E-state index in [4.69, 9.17) is 16.5 Å². The van der Waals surface area contributed by atoms with Crippen LogP contribution in [-0.2, 0) is 0 Å². The first-order chi connectivity index (χ1) is 19.2. The summed E-state index contributed by atoms with van der Waals surface area (Å²) in [6.07, 6.45) is 0. The van der Waals surface area contributed by atoms with Crippen molar-refractivity contribution in [3.05, 3.63) is 127 Å². The van der Waals surface area contributed by atoms with Crippen LogP contribution in [0.4, 0.5) is 5.69 Å². The Bertz CT molecular complexity index is 2290. The van der Waals surface area contributed by atoms with Gasteiger partial charge in [0.25, 0.3) is 0 Å². The summed E-state index contributed by atoms with van der Waals surface area (Å²) in [7, 11) is 0. The largest absolute Gasteiger partial charge is 0.247 e. The zero-order chi connectivity index (χ0) is 25.9. The normalized spacial score (nSPS) is 11.6. The van der Waals surface area contributed by atoms with Gasteiger partial charge in [0.05, 0.1) is 28.8 Å². The third-order valence-corrected chi connectivity index (χ3v) is 8.60. The maximum Gasteiger partial charge on any atom is 0.187 e. The molecule has 3 nitrogen and oxygen atoms in total. The number of nitrogens with zero attached hydrogens (tertiary/aromatic N) is 3. The number of rotatable bonds is 2. The van der Waals surface area contributed by atoms with Gasteiger partial charge in [-0.25, -0.2) is 14.8 Å². The first-order valence-corrected chi connectivity index (χ1v) is 13.6. The molecule has 0 saturated heterocycles. The summed E-state index contributed by atoms with van der Waals surface area (Å²) in [5.74, 6) is 0. The number of pyridine rings is 2. The van der Waals surface area contributed by atoms with E-state index >= 15 is 0 Å². The van der Waals surface area contributed by atoms with Crippen molar-refractivity contribution in [1.29, 1.82) is 0 Å². The molecule has 4 heteroatoms. The molecule has 0 atom stereocenters. The molecule has 5 aromatic carbocycles. The number of hydrogen-bond donors (Lipinski definition) is 0. The molecule has 0 aliphatic carbocycles. The van der Waals surface area contributed by atoms with Gasteiger partial charge in [-0.05, 0) is 58.3 Å². The van der Waals surface area contributed by atoms with E-state index in [1.807, 2.05) is 30.3 Å². The first-order valence-electron chi connectivity index (χ1n) is 12.8.